The molecule has 0 atom stereocenters. The average Bonchev–Trinajstić information content (AvgIpc) is 2.31. The van der Waals surface area contributed by atoms with Crippen molar-refractivity contribution in [1.82, 2.24) is 0 Å². The van der Waals surface area contributed by atoms with Gasteiger partial charge in [-0.1, -0.05) is 18.5 Å². The number of benzene rings is 1. The van der Waals surface area contributed by atoms with Gasteiger partial charge in [-0.05, 0) is 24.6 Å². The van der Waals surface area contributed by atoms with E-state index in [9.17, 15) is 9.59 Å². The van der Waals surface area contributed by atoms with Crippen LogP contribution in [0.15, 0.2) is 18.2 Å². The van der Waals surface area contributed by atoms with Gasteiger partial charge in [-0.25, -0.2) is 4.79 Å². The lowest BCUT2D eigenvalue weighted by Gasteiger charge is -2.07. The van der Waals surface area contributed by atoms with Crippen LogP contribution in [0.25, 0.3) is 0 Å². The monoisotopic (exact) mass is 255 g/mol. The fourth-order valence-corrected chi connectivity index (χ4v) is 1.51. The molecule has 0 heterocycles. The summed E-state index contributed by atoms with van der Waals surface area (Å²) < 4.78 is 4.59. The number of hydrogen-bond donors (Lipinski definition) is 1. The van der Waals surface area contributed by atoms with Gasteiger partial charge in [-0.3, -0.25) is 4.79 Å². The maximum Gasteiger partial charge on any atom is 0.339 e. The highest BCUT2D eigenvalue weighted by molar-refractivity contribution is 6.33. The van der Waals surface area contributed by atoms with Crippen molar-refractivity contribution in [2.75, 3.05) is 12.4 Å². The van der Waals surface area contributed by atoms with E-state index in [4.69, 9.17) is 11.6 Å². The normalized spacial score (nSPS) is 9.82. The van der Waals surface area contributed by atoms with Gasteiger partial charge in [0.25, 0.3) is 0 Å². The molecule has 0 spiro atoms. The zero-order valence-electron chi connectivity index (χ0n) is 9.75. The highest BCUT2D eigenvalue weighted by Crippen LogP contribution is 2.21. The smallest absolute Gasteiger partial charge is 0.339 e. The molecule has 0 aromatic heterocycles. The molecule has 1 aromatic carbocycles. The topological polar surface area (TPSA) is 55.4 Å². The Morgan fingerprint density at radius 1 is 1.41 bits per heavy atom. The van der Waals surface area contributed by atoms with Gasteiger partial charge in [0.2, 0.25) is 5.91 Å². The second kappa shape index (κ2) is 6.25. The maximum absolute atomic E-state index is 11.4. The molecule has 4 nitrogen and oxygen atoms in total. The van der Waals surface area contributed by atoms with Crippen molar-refractivity contribution < 1.29 is 14.3 Å². The standard InChI is InChI=1S/C12H14ClNO3/c1-3-4-11(15)14-8-5-6-10(13)9(7-8)12(16)17-2/h5-7H,3-4H2,1-2H3,(H,14,15). The Balaban J connectivity index is 2.89. The first-order valence-corrected chi connectivity index (χ1v) is 5.64. The van der Waals surface area contributed by atoms with E-state index >= 15 is 0 Å². The van der Waals surface area contributed by atoms with E-state index in [0.717, 1.165) is 6.42 Å². The molecule has 0 aliphatic carbocycles. The minimum absolute atomic E-state index is 0.0920. The molecule has 0 aliphatic rings. The minimum atomic E-state index is -0.526. The summed E-state index contributed by atoms with van der Waals surface area (Å²) in [5, 5.41) is 2.98. The molecule has 5 heteroatoms. The fraction of sp³-hybridized carbons (Fsp3) is 0.333. The summed E-state index contributed by atoms with van der Waals surface area (Å²) in [4.78, 5) is 22.8. The molecule has 0 radical (unpaired) electrons. The van der Waals surface area contributed by atoms with Crippen molar-refractivity contribution in [3.05, 3.63) is 28.8 Å². The molecule has 1 N–H and O–H groups in total. The van der Waals surface area contributed by atoms with Crippen LogP contribution < -0.4 is 5.32 Å². The Bertz CT molecular complexity index is 432. The molecule has 1 amide bonds. The van der Waals surface area contributed by atoms with Crippen LogP contribution in [-0.4, -0.2) is 19.0 Å². The zero-order chi connectivity index (χ0) is 12.8. The lowest BCUT2D eigenvalue weighted by atomic mass is 10.2. The molecule has 1 rings (SSSR count). The van der Waals surface area contributed by atoms with Crippen LogP contribution in [0.4, 0.5) is 5.69 Å². The quantitative estimate of drug-likeness (QED) is 0.842. The summed E-state index contributed by atoms with van der Waals surface area (Å²) in [6.07, 6.45) is 1.21. The first-order valence-electron chi connectivity index (χ1n) is 5.26. The molecular weight excluding hydrogens is 242 g/mol. The molecule has 0 fully saturated rings. The summed E-state index contributed by atoms with van der Waals surface area (Å²) in [6.45, 7) is 1.92. The summed E-state index contributed by atoms with van der Waals surface area (Å²) in [5.41, 5.74) is 0.775. The number of amides is 1. The van der Waals surface area contributed by atoms with E-state index in [2.05, 4.69) is 10.1 Å². The Labute approximate surface area is 105 Å². The molecule has 17 heavy (non-hydrogen) atoms. The van der Waals surface area contributed by atoms with Gasteiger partial charge in [0, 0.05) is 12.1 Å². The van der Waals surface area contributed by atoms with Crippen LogP contribution in [0.2, 0.25) is 5.02 Å². The van der Waals surface area contributed by atoms with Crippen LogP contribution in [0.1, 0.15) is 30.1 Å². The first-order chi connectivity index (χ1) is 8.08. The number of anilines is 1. The van der Waals surface area contributed by atoms with Crippen molar-refractivity contribution in [3.8, 4) is 0 Å². The zero-order valence-corrected chi connectivity index (χ0v) is 10.5. The second-order valence-corrected chi connectivity index (χ2v) is 3.89. The molecule has 0 saturated carbocycles. The van der Waals surface area contributed by atoms with Crippen molar-refractivity contribution in [1.29, 1.82) is 0 Å². The molecular formula is C12H14ClNO3. The fourth-order valence-electron chi connectivity index (χ4n) is 1.32. The Kier molecular flexibility index (Phi) is 4.97. The van der Waals surface area contributed by atoms with Gasteiger partial charge in [0.15, 0.2) is 0 Å². The average molecular weight is 256 g/mol. The van der Waals surface area contributed by atoms with Crippen molar-refractivity contribution in [2.45, 2.75) is 19.8 Å². The van der Waals surface area contributed by atoms with Crippen LogP contribution in [0, 0.1) is 0 Å². The molecule has 92 valence electrons. The van der Waals surface area contributed by atoms with Gasteiger partial charge in [-0.15, -0.1) is 0 Å². The van der Waals surface area contributed by atoms with Crippen LogP contribution >= 0.6 is 11.6 Å². The summed E-state index contributed by atoms with van der Waals surface area (Å²) in [5.74, 6) is -0.618. The highest BCUT2D eigenvalue weighted by Gasteiger charge is 2.12. The third kappa shape index (κ3) is 3.75. The van der Waals surface area contributed by atoms with Crippen LogP contribution in [0.3, 0.4) is 0 Å². The maximum atomic E-state index is 11.4. The lowest BCUT2D eigenvalue weighted by Crippen LogP contribution is -2.11. The van der Waals surface area contributed by atoms with Gasteiger partial charge >= 0.3 is 5.97 Å². The van der Waals surface area contributed by atoms with Gasteiger partial charge in [0.05, 0.1) is 17.7 Å². The number of halogens is 1. The van der Waals surface area contributed by atoms with Crippen LogP contribution in [-0.2, 0) is 9.53 Å². The van der Waals surface area contributed by atoms with E-state index in [0.29, 0.717) is 17.1 Å². The van der Waals surface area contributed by atoms with Crippen molar-refractivity contribution in [3.63, 3.8) is 0 Å². The van der Waals surface area contributed by atoms with E-state index in [-0.39, 0.29) is 11.5 Å². The number of ether oxygens (including phenoxy) is 1. The Hall–Kier alpha value is -1.55. The van der Waals surface area contributed by atoms with Crippen LogP contribution in [0.5, 0.6) is 0 Å². The number of esters is 1. The van der Waals surface area contributed by atoms with E-state index < -0.39 is 5.97 Å². The van der Waals surface area contributed by atoms with Crippen molar-refractivity contribution in [2.24, 2.45) is 0 Å². The number of nitrogens with one attached hydrogen (secondary N) is 1. The molecule has 0 bridgehead atoms. The third-order valence-electron chi connectivity index (χ3n) is 2.13. The lowest BCUT2D eigenvalue weighted by molar-refractivity contribution is -0.116. The Morgan fingerprint density at radius 2 is 2.12 bits per heavy atom. The molecule has 0 saturated heterocycles. The largest absolute Gasteiger partial charge is 0.465 e. The van der Waals surface area contributed by atoms with Gasteiger partial charge < -0.3 is 10.1 Å². The third-order valence-corrected chi connectivity index (χ3v) is 2.46. The van der Waals surface area contributed by atoms with Gasteiger partial charge in [-0.2, -0.15) is 0 Å². The first kappa shape index (κ1) is 13.5. The predicted molar refractivity (Wildman–Crippen MR) is 66.3 cm³/mol. The number of methoxy groups -OCH3 is 1. The van der Waals surface area contributed by atoms with E-state index in [1.807, 2.05) is 6.92 Å². The summed E-state index contributed by atoms with van der Waals surface area (Å²) in [6, 6.07) is 4.69. The summed E-state index contributed by atoms with van der Waals surface area (Å²) in [7, 11) is 1.28. The highest BCUT2D eigenvalue weighted by atomic mass is 35.5. The molecule has 0 unspecified atom stereocenters. The molecule has 1 aromatic rings. The summed E-state index contributed by atoms with van der Waals surface area (Å²) >= 11 is 5.85. The number of carbonyl (C=O) groups is 2. The predicted octanol–water partition coefficient (Wildman–Crippen LogP) is 2.87. The second-order valence-electron chi connectivity index (χ2n) is 3.48. The number of rotatable bonds is 4. The molecule has 0 aliphatic heterocycles. The van der Waals surface area contributed by atoms with Gasteiger partial charge in [0.1, 0.15) is 0 Å². The SMILES string of the molecule is CCCC(=O)Nc1ccc(Cl)c(C(=O)OC)c1. The number of carbonyl (C=O) groups excluding carboxylic acids is 2. The van der Waals surface area contributed by atoms with E-state index in [1.54, 1.807) is 12.1 Å². The van der Waals surface area contributed by atoms with Crippen molar-refractivity contribution >= 4 is 29.2 Å². The Morgan fingerprint density at radius 3 is 2.71 bits per heavy atom. The van der Waals surface area contributed by atoms with E-state index in [1.165, 1.54) is 13.2 Å². The number of hydrogen-bond acceptors (Lipinski definition) is 3. The minimum Gasteiger partial charge on any atom is -0.465 e.